The highest BCUT2D eigenvalue weighted by Gasteiger charge is 2.33. The molecule has 2 aromatic heterocycles. The number of furan rings is 1. The van der Waals surface area contributed by atoms with Crippen LogP contribution in [0.3, 0.4) is 0 Å². The first-order valence-corrected chi connectivity index (χ1v) is 10.8. The lowest BCUT2D eigenvalue weighted by Gasteiger charge is -2.11. The van der Waals surface area contributed by atoms with Gasteiger partial charge < -0.3 is 4.42 Å². The van der Waals surface area contributed by atoms with Gasteiger partial charge in [0, 0.05) is 34.2 Å². The molecule has 0 spiro atoms. The van der Waals surface area contributed by atoms with Crippen molar-refractivity contribution >= 4 is 61.3 Å². The third-order valence-corrected chi connectivity index (χ3v) is 6.04. The Kier molecular flexibility index (Phi) is 5.61. The maximum Gasteiger partial charge on any atom is 0.267 e. The van der Waals surface area contributed by atoms with Gasteiger partial charge in [-0.2, -0.15) is 4.99 Å². The lowest BCUT2D eigenvalue weighted by atomic mass is 10.2. The van der Waals surface area contributed by atoms with Crippen molar-refractivity contribution in [3.8, 4) is 11.3 Å². The van der Waals surface area contributed by atoms with E-state index in [4.69, 9.17) is 4.42 Å². The molecular weight excluding hydrogens is 458 g/mol. The third kappa shape index (κ3) is 4.04. The van der Waals surface area contributed by atoms with Gasteiger partial charge in [-0.3, -0.25) is 9.69 Å². The second kappa shape index (κ2) is 8.30. The van der Waals surface area contributed by atoms with Crippen molar-refractivity contribution < 1.29 is 9.21 Å². The first-order valence-electron chi connectivity index (χ1n) is 8.30. The molecule has 5 nitrogen and oxygen atoms in total. The fourth-order valence-electron chi connectivity index (χ4n) is 2.56. The zero-order valence-corrected chi connectivity index (χ0v) is 17.8. The number of benzene rings is 1. The van der Waals surface area contributed by atoms with Gasteiger partial charge in [0.15, 0.2) is 5.17 Å². The normalized spacial score (nSPS) is 17.0. The highest BCUT2D eigenvalue weighted by molar-refractivity contribution is 9.10. The number of thioether (sulfide) groups is 1. The number of amidine groups is 1. The number of rotatable bonds is 5. The van der Waals surface area contributed by atoms with Crippen molar-refractivity contribution in [3.05, 3.63) is 75.8 Å². The minimum atomic E-state index is -0.123. The Bertz CT molecular complexity index is 1070. The number of aromatic nitrogens is 1. The number of hydrogen-bond donors (Lipinski definition) is 0. The van der Waals surface area contributed by atoms with Gasteiger partial charge in [0.25, 0.3) is 5.91 Å². The summed E-state index contributed by atoms with van der Waals surface area (Å²) in [7, 11) is 0. The molecule has 3 aromatic rings. The van der Waals surface area contributed by atoms with Crippen molar-refractivity contribution in [1.29, 1.82) is 0 Å². The monoisotopic (exact) mass is 471 g/mol. The first-order chi connectivity index (χ1) is 13.6. The first kappa shape index (κ1) is 18.9. The molecule has 0 saturated carbocycles. The van der Waals surface area contributed by atoms with Crippen molar-refractivity contribution in [2.75, 3.05) is 6.54 Å². The summed E-state index contributed by atoms with van der Waals surface area (Å²) in [5.41, 5.74) is 0.970. The van der Waals surface area contributed by atoms with Crippen LogP contribution in [0.2, 0.25) is 0 Å². The van der Waals surface area contributed by atoms with E-state index in [2.05, 4.69) is 32.5 Å². The van der Waals surface area contributed by atoms with E-state index in [9.17, 15) is 4.79 Å². The summed E-state index contributed by atoms with van der Waals surface area (Å²) >= 11 is 6.15. The zero-order valence-electron chi connectivity index (χ0n) is 14.5. The smallest absolute Gasteiger partial charge is 0.267 e. The largest absolute Gasteiger partial charge is 0.457 e. The third-order valence-electron chi connectivity index (χ3n) is 3.84. The minimum Gasteiger partial charge on any atom is -0.457 e. The lowest BCUT2D eigenvalue weighted by molar-refractivity contribution is -0.121. The molecule has 3 heterocycles. The van der Waals surface area contributed by atoms with Gasteiger partial charge in [0.05, 0.1) is 4.91 Å². The molecule has 1 saturated heterocycles. The molecule has 1 aromatic carbocycles. The summed E-state index contributed by atoms with van der Waals surface area (Å²) < 4.78 is 6.92. The number of amides is 1. The maximum atomic E-state index is 12.8. The Morgan fingerprint density at radius 1 is 1.25 bits per heavy atom. The van der Waals surface area contributed by atoms with E-state index in [0.29, 0.717) is 27.5 Å². The van der Waals surface area contributed by atoms with Crippen molar-refractivity contribution in [3.63, 3.8) is 0 Å². The average molecular weight is 472 g/mol. The minimum absolute atomic E-state index is 0.123. The Morgan fingerprint density at radius 3 is 2.79 bits per heavy atom. The molecule has 1 aliphatic heterocycles. The van der Waals surface area contributed by atoms with E-state index in [1.807, 2.05) is 41.8 Å². The second-order valence-electron chi connectivity index (χ2n) is 5.73. The fourth-order valence-corrected chi connectivity index (χ4v) is 4.36. The lowest BCUT2D eigenvalue weighted by Crippen LogP contribution is -2.29. The zero-order chi connectivity index (χ0) is 19.5. The number of thiazole rings is 1. The summed E-state index contributed by atoms with van der Waals surface area (Å²) in [4.78, 5) is 23.6. The van der Waals surface area contributed by atoms with E-state index < -0.39 is 0 Å². The van der Waals surface area contributed by atoms with Crippen LogP contribution < -0.4 is 0 Å². The molecule has 0 radical (unpaired) electrons. The Labute approximate surface area is 178 Å². The summed E-state index contributed by atoms with van der Waals surface area (Å²) in [6.07, 6.45) is 5.11. The van der Waals surface area contributed by atoms with Crippen LogP contribution in [0.25, 0.3) is 17.4 Å². The van der Waals surface area contributed by atoms with Crippen LogP contribution in [0.1, 0.15) is 5.76 Å². The van der Waals surface area contributed by atoms with Crippen LogP contribution in [0.4, 0.5) is 5.13 Å². The van der Waals surface area contributed by atoms with Crippen LogP contribution in [0.5, 0.6) is 0 Å². The van der Waals surface area contributed by atoms with Crippen LogP contribution in [-0.4, -0.2) is 27.5 Å². The second-order valence-corrected chi connectivity index (χ2v) is 8.53. The SMILES string of the molecule is C=CCN1C(=O)/C(=C\c2ccc(-c3ccc(Br)cc3)o2)S/C1=N/c1nccs1. The number of carbonyl (C=O) groups is 1. The highest BCUT2D eigenvalue weighted by Crippen LogP contribution is 2.35. The number of hydrogen-bond acceptors (Lipinski definition) is 6. The molecule has 0 unspecified atom stereocenters. The van der Waals surface area contributed by atoms with E-state index in [0.717, 1.165) is 15.8 Å². The summed E-state index contributed by atoms with van der Waals surface area (Å²) in [6.45, 7) is 4.11. The number of halogens is 1. The van der Waals surface area contributed by atoms with Crippen molar-refractivity contribution in [2.45, 2.75) is 0 Å². The highest BCUT2D eigenvalue weighted by atomic mass is 79.9. The molecule has 1 amide bonds. The maximum absolute atomic E-state index is 12.8. The van der Waals surface area contributed by atoms with Gasteiger partial charge in [-0.25, -0.2) is 4.98 Å². The molecule has 8 heteroatoms. The molecule has 1 aliphatic rings. The number of aliphatic imine (C=N–C) groups is 1. The molecule has 140 valence electrons. The molecule has 28 heavy (non-hydrogen) atoms. The Hall–Kier alpha value is -2.42. The summed E-state index contributed by atoms with van der Waals surface area (Å²) in [5, 5.41) is 3.05. The molecule has 0 bridgehead atoms. The van der Waals surface area contributed by atoms with Crippen LogP contribution in [-0.2, 0) is 4.79 Å². The average Bonchev–Trinajstić information content (AvgIpc) is 3.42. The fraction of sp³-hybridized carbons (Fsp3) is 0.0500. The van der Waals surface area contributed by atoms with E-state index >= 15 is 0 Å². The quantitative estimate of drug-likeness (QED) is 0.340. The standard InChI is InChI=1S/C20H14BrN3O2S2/c1-2-10-24-18(25)17(28-20(24)23-19-22-9-11-27-19)12-15-7-8-16(26-15)13-3-5-14(21)6-4-13/h2-9,11-12H,1,10H2/b17-12+,23-20+. The van der Waals surface area contributed by atoms with Gasteiger partial charge >= 0.3 is 0 Å². The summed E-state index contributed by atoms with van der Waals surface area (Å²) in [5.74, 6) is 1.24. The van der Waals surface area contributed by atoms with E-state index in [1.54, 1.807) is 23.2 Å². The molecule has 1 fully saturated rings. The van der Waals surface area contributed by atoms with Gasteiger partial charge in [-0.1, -0.05) is 34.1 Å². The van der Waals surface area contributed by atoms with Crippen molar-refractivity contribution in [1.82, 2.24) is 9.88 Å². The van der Waals surface area contributed by atoms with Crippen LogP contribution >= 0.6 is 39.0 Å². The number of carbonyl (C=O) groups excluding carboxylic acids is 1. The van der Waals surface area contributed by atoms with Gasteiger partial charge in [0.2, 0.25) is 5.13 Å². The predicted octanol–water partition coefficient (Wildman–Crippen LogP) is 5.96. The summed E-state index contributed by atoms with van der Waals surface area (Å²) in [6, 6.07) is 11.6. The molecular formula is C20H14BrN3O2S2. The van der Waals surface area contributed by atoms with E-state index in [-0.39, 0.29) is 5.91 Å². The molecule has 0 atom stereocenters. The molecule has 0 aliphatic carbocycles. The van der Waals surface area contributed by atoms with E-state index in [1.165, 1.54) is 23.1 Å². The molecule has 4 rings (SSSR count). The van der Waals surface area contributed by atoms with Gasteiger partial charge in [-0.15, -0.1) is 17.9 Å². The Balaban J connectivity index is 1.61. The number of nitrogens with zero attached hydrogens (tertiary/aromatic N) is 3. The molecule has 0 N–H and O–H groups in total. The van der Waals surface area contributed by atoms with Crippen molar-refractivity contribution in [2.24, 2.45) is 4.99 Å². The predicted molar refractivity (Wildman–Crippen MR) is 119 cm³/mol. The van der Waals surface area contributed by atoms with Crippen LogP contribution in [0, 0.1) is 0 Å². The Morgan fingerprint density at radius 2 is 2.07 bits per heavy atom. The topological polar surface area (TPSA) is 58.7 Å². The van der Waals surface area contributed by atoms with Crippen LogP contribution in [0.15, 0.2) is 79.4 Å². The van der Waals surface area contributed by atoms with Gasteiger partial charge in [-0.05, 0) is 36.0 Å². The van der Waals surface area contributed by atoms with Gasteiger partial charge in [0.1, 0.15) is 11.5 Å².